The zero-order chi connectivity index (χ0) is 55.9. The Hall–Kier alpha value is 1.57. The third-order valence-electron chi connectivity index (χ3n) is 9.35. The summed E-state index contributed by atoms with van der Waals surface area (Å²) in [5.41, 5.74) is 0. The number of ketones is 5. The van der Waals surface area contributed by atoms with Crippen LogP contribution in [0.4, 0.5) is 0 Å². The summed E-state index contributed by atoms with van der Waals surface area (Å²) in [5, 5.41) is 0.0931. The quantitative estimate of drug-likeness (QED) is 0.0330. The van der Waals surface area contributed by atoms with Gasteiger partial charge in [-0.1, -0.05) is 69.2 Å². The van der Waals surface area contributed by atoms with Crippen molar-refractivity contribution in [3.63, 3.8) is 0 Å². The second kappa shape index (κ2) is 83.6. The molecule has 471 valence electrons. The van der Waals surface area contributed by atoms with Crippen molar-refractivity contribution in [3.8, 4) is 0 Å². The molecule has 0 fully saturated rings. The van der Waals surface area contributed by atoms with Gasteiger partial charge in [-0.05, 0) is 88.5 Å². The van der Waals surface area contributed by atoms with Crippen LogP contribution in [0.1, 0.15) is 210 Å². The van der Waals surface area contributed by atoms with Crippen LogP contribution in [0.15, 0.2) is 0 Å². The number of Topliss-reactive ketones (excluding diaryl/α,β-unsaturated/α-hetero) is 5. The molecule has 0 saturated heterocycles. The Kier molecular flexibility index (Phi) is 124. The topological polar surface area (TPSA) is 254 Å². The zero-order valence-electron chi connectivity index (χ0n) is 49.1. The molecule has 0 heterocycles. The fourth-order valence-electron chi connectivity index (χ4n) is 4.79. The van der Waals surface area contributed by atoms with Crippen molar-refractivity contribution >= 4 is 69.7 Å². The third kappa shape index (κ3) is 101. The molecule has 19 nitrogen and oxygen atoms in total. The van der Waals surface area contributed by atoms with Gasteiger partial charge in [-0.25, -0.2) is 0 Å². The third-order valence-corrected chi connectivity index (χ3v) is 10.2. The van der Waals surface area contributed by atoms with E-state index in [9.17, 15) is 47.9 Å². The summed E-state index contributed by atoms with van der Waals surface area (Å²) in [5.74, 6) is -0.269. The van der Waals surface area contributed by atoms with Crippen LogP contribution < -0.4 is 0 Å². The van der Waals surface area contributed by atoms with Crippen LogP contribution in [0.2, 0.25) is 0 Å². The molecule has 0 N–H and O–H groups in total. The van der Waals surface area contributed by atoms with E-state index in [0.717, 1.165) is 12.8 Å². The summed E-state index contributed by atoms with van der Waals surface area (Å²) in [6.07, 6.45) is 4.92. The molecule has 0 aromatic heterocycles. The molecule has 0 amide bonds. The molecule has 0 aliphatic carbocycles. The predicted molar refractivity (Wildman–Crippen MR) is 305 cm³/mol. The van der Waals surface area contributed by atoms with Crippen molar-refractivity contribution in [2.75, 3.05) is 54.5 Å². The number of carbonyl (C=O) groups excluding carboxylic acids is 10. The van der Waals surface area contributed by atoms with Crippen molar-refractivity contribution in [1.82, 2.24) is 0 Å². The normalized spacial score (nSPS) is 11.6. The number of ether oxygens (including phenoxy) is 9. The maximum atomic E-state index is 11.5. The van der Waals surface area contributed by atoms with Crippen molar-refractivity contribution < 1.29 is 254 Å². The number of thioether (sulfide) groups is 1. The second-order valence-corrected chi connectivity index (χ2v) is 18.0. The van der Waals surface area contributed by atoms with E-state index >= 15 is 0 Å². The first-order chi connectivity index (χ1) is 33.2. The van der Waals surface area contributed by atoms with Crippen LogP contribution in [0.25, 0.3) is 0 Å². The minimum Gasteiger partial charge on any atom is -0.466 e. The van der Waals surface area contributed by atoms with Crippen molar-refractivity contribution in [2.45, 2.75) is 253 Å². The minimum atomic E-state index is -0.324. The van der Waals surface area contributed by atoms with Crippen molar-refractivity contribution in [3.05, 3.63) is 0 Å². The SMILES string of the molecule is C.C.C.C.C.CCC(CC(C)=O)OC(=O)CC(C)OC.CCCC(CC(C)=O)OC(=O)CC(C)OC.COC(C)CC(=O)OCCC(C)=O.COC(C)CC(=O)OCCCC(C)=O.COC(C)CC(=O)SCCC(C)=O.[Y].[Y].[Y].[Y].[Y]. The van der Waals surface area contributed by atoms with E-state index < -0.39 is 0 Å². The van der Waals surface area contributed by atoms with Gasteiger partial charge in [0.15, 0.2) is 5.12 Å². The molecule has 0 spiro atoms. The molecule has 0 saturated carbocycles. The number of methoxy groups -OCH3 is 5. The molecule has 5 radical (unpaired) electrons. The Morgan fingerprint density at radius 2 is 0.691 bits per heavy atom. The maximum Gasteiger partial charge on any atom is 0.308 e. The molecular weight excluding hydrogens is 1450 g/mol. The average Bonchev–Trinajstić information content (AvgIpc) is 3.27. The molecule has 81 heavy (non-hydrogen) atoms. The smallest absolute Gasteiger partial charge is 0.308 e. The fraction of sp³-hybridized carbons (Fsp3) is 0.821. The van der Waals surface area contributed by atoms with E-state index in [1.54, 1.807) is 56.1 Å². The maximum absolute atomic E-state index is 11.5. The molecule has 0 aromatic rings. The fourth-order valence-corrected chi connectivity index (χ4v) is 5.76. The number of hydrogen-bond donors (Lipinski definition) is 0. The molecule has 0 rings (SSSR count). The standard InChI is InChI=1S/C12H22O4.C11H20O4.C10H18O4.C9H16O4.C9H16O3S.5CH4.5Y/c1-5-6-11(7-9(2)13)16-12(14)8-10(3)15-4;1-5-10(6-8(2)12)15-11(13)7-9(3)14-4;1-8(11)5-4-6-14-10(12)7-9(2)13-3;2*1-7(10)4-5-13-9(11)6-8(2)12-3;;;;;;;;;;/h10-11H,5-8H2,1-4H3;9-10H,5-7H2,1-4H3;9H,4-7H2,1-3H3;2*8H,4-6H2,1-3H3;5*1H4;;;;;. The van der Waals surface area contributed by atoms with Crippen LogP contribution in [-0.4, -0.2) is 155 Å². The number of esters is 4. The Labute approximate surface area is 623 Å². The van der Waals surface area contributed by atoms with Gasteiger partial charge in [-0.15, -0.1) is 0 Å². The van der Waals surface area contributed by atoms with Crippen molar-refractivity contribution in [1.29, 1.82) is 0 Å². The van der Waals surface area contributed by atoms with Crippen LogP contribution >= 0.6 is 11.8 Å². The van der Waals surface area contributed by atoms with Crippen LogP contribution in [0.5, 0.6) is 0 Å². The first-order valence-corrected chi connectivity index (χ1v) is 25.1. The van der Waals surface area contributed by atoms with Gasteiger partial charge < -0.3 is 47.4 Å². The summed E-state index contributed by atoms with van der Waals surface area (Å²) in [6.45, 7) is 20.9. The predicted octanol–water partition coefficient (Wildman–Crippen LogP) is 10.9. The molecule has 0 aliphatic rings. The van der Waals surface area contributed by atoms with E-state index in [0.29, 0.717) is 57.3 Å². The summed E-state index contributed by atoms with van der Waals surface area (Å²) in [7, 11) is 7.77. The summed E-state index contributed by atoms with van der Waals surface area (Å²) >= 11 is 1.21. The Balaban J connectivity index is -0.0000000503. The first-order valence-electron chi connectivity index (χ1n) is 24.1. The molecular formula is C56H112O19SY5. The molecule has 0 aliphatic heterocycles. The van der Waals surface area contributed by atoms with Crippen LogP contribution in [0.3, 0.4) is 0 Å². The Morgan fingerprint density at radius 3 is 1.00 bits per heavy atom. The van der Waals surface area contributed by atoms with E-state index in [4.69, 9.17) is 42.6 Å². The first kappa shape index (κ1) is 120. The summed E-state index contributed by atoms with van der Waals surface area (Å²) in [4.78, 5) is 109. The average molecular weight is 1570 g/mol. The van der Waals surface area contributed by atoms with E-state index in [1.165, 1.54) is 53.5 Å². The van der Waals surface area contributed by atoms with Gasteiger partial charge in [-0.3, -0.25) is 43.2 Å². The summed E-state index contributed by atoms with van der Waals surface area (Å²) < 4.78 is 44.7. The number of hydrogen-bond acceptors (Lipinski definition) is 20. The van der Waals surface area contributed by atoms with Gasteiger partial charge in [0.1, 0.15) is 41.1 Å². The number of carbonyl (C=O) groups is 10. The van der Waals surface area contributed by atoms with E-state index in [2.05, 4.69) is 0 Å². The molecule has 25 heteroatoms. The van der Waals surface area contributed by atoms with Crippen molar-refractivity contribution in [2.24, 2.45) is 0 Å². The molecule has 0 aromatic carbocycles. The van der Waals surface area contributed by atoms with Crippen LogP contribution in [0, 0.1) is 0 Å². The Bertz CT molecular complexity index is 1480. The van der Waals surface area contributed by atoms with E-state index in [-0.39, 0.29) is 340 Å². The molecule has 0 bridgehead atoms. The Morgan fingerprint density at radius 1 is 0.383 bits per heavy atom. The molecule has 7 unspecified atom stereocenters. The van der Waals surface area contributed by atoms with Gasteiger partial charge in [-0.2, -0.15) is 0 Å². The van der Waals surface area contributed by atoms with Gasteiger partial charge in [0.05, 0.1) is 69.4 Å². The molecule has 7 atom stereocenters. The van der Waals surface area contributed by atoms with E-state index in [1.807, 2.05) is 20.8 Å². The summed E-state index contributed by atoms with van der Waals surface area (Å²) in [6, 6.07) is 0. The largest absolute Gasteiger partial charge is 0.466 e. The monoisotopic (exact) mass is 1570 g/mol. The minimum absolute atomic E-state index is 0. The van der Waals surface area contributed by atoms with Gasteiger partial charge in [0.2, 0.25) is 0 Å². The van der Waals surface area contributed by atoms with Gasteiger partial charge in [0, 0.05) is 243 Å². The number of rotatable bonds is 34. The van der Waals surface area contributed by atoms with Gasteiger partial charge >= 0.3 is 23.9 Å². The van der Waals surface area contributed by atoms with Gasteiger partial charge in [0.25, 0.3) is 0 Å². The zero-order valence-corrected chi connectivity index (χ0v) is 64.1. The second-order valence-electron chi connectivity index (χ2n) is 16.9. The van der Waals surface area contributed by atoms with Crippen LogP contribution in [-0.2, 0) is 254 Å².